The van der Waals surface area contributed by atoms with Crippen LogP contribution in [0.3, 0.4) is 0 Å². The molecule has 2 heterocycles. The molecule has 1 fully saturated rings. The molecule has 1 amide bonds. The summed E-state index contributed by atoms with van der Waals surface area (Å²) in [6, 6.07) is 8.39. The van der Waals surface area contributed by atoms with Gasteiger partial charge in [0.05, 0.1) is 22.5 Å². The fourth-order valence-electron chi connectivity index (χ4n) is 3.67. The summed E-state index contributed by atoms with van der Waals surface area (Å²) in [4.78, 5) is 14.9. The Labute approximate surface area is 166 Å². The van der Waals surface area contributed by atoms with Crippen molar-refractivity contribution in [1.82, 2.24) is 0 Å². The van der Waals surface area contributed by atoms with E-state index in [2.05, 4.69) is 5.32 Å². The number of hydrogen-bond donors (Lipinski definition) is 1. The van der Waals surface area contributed by atoms with E-state index in [1.807, 2.05) is 4.90 Å². The van der Waals surface area contributed by atoms with Crippen molar-refractivity contribution in [2.45, 2.75) is 25.4 Å². The van der Waals surface area contributed by atoms with Gasteiger partial charge in [0.1, 0.15) is 13.2 Å². The lowest BCUT2D eigenvalue weighted by atomic mass is 10.1. The largest absolute Gasteiger partial charge is 0.486 e. The van der Waals surface area contributed by atoms with Crippen molar-refractivity contribution in [1.29, 1.82) is 0 Å². The van der Waals surface area contributed by atoms with Crippen molar-refractivity contribution in [3.63, 3.8) is 0 Å². The van der Waals surface area contributed by atoms with Crippen LogP contribution in [-0.2, 0) is 6.18 Å². The zero-order valence-electron chi connectivity index (χ0n) is 15.7. The first-order valence-corrected chi connectivity index (χ1v) is 9.59. The zero-order chi connectivity index (χ0) is 20.4. The molecule has 2 aromatic rings. The van der Waals surface area contributed by atoms with Gasteiger partial charge in [0.2, 0.25) is 0 Å². The number of amides is 1. The Morgan fingerprint density at radius 2 is 1.76 bits per heavy atom. The van der Waals surface area contributed by atoms with E-state index < -0.39 is 17.6 Å². The summed E-state index contributed by atoms with van der Waals surface area (Å²) in [5.74, 6) is 0.219. The van der Waals surface area contributed by atoms with E-state index in [1.54, 1.807) is 18.2 Å². The highest BCUT2D eigenvalue weighted by Gasteiger charge is 2.32. The van der Waals surface area contributed by atoms with Gasteiger partial charge in [-0.25, -0.2) is 0 Å². The van der Waals surface area contributed by atoms with E-state index in [0.717, 1.165) is 44.5 Å². The molecule has 0 saturated carbocycles. The van der Waals surface area contributed by atoms with E-state index in [4.69, 9.17) is 9.47 Å². The number of benzene rings is 2. The van der Waals surface area contributed by atoms with E-state index in [-0.39, 0.29) is 11.3 Å². The van der Waals surface area contributed by atoms with Crippen molar-refractivity contribution < 1.29 is 27.4 Å². The quantitative estimate of drug-likeness (QED) is 0.802. The lowest BCUT2D eigenvalue weighted by molar-refractivity contribution is -0.137. The van der Waals surface area contributed by atoms with Crippen molar-refractivity contribution in [2.75, 3.05) is 36.5 Å². The number of ether oxygens (including phenoxy) is 2. The Hall–Kier alpha value is -2.90. The molecule has 0 aliphatic carbocycles. The van der Waals surface area contributed by atoms with Crippen LogP contribution in [-0.4, -0.2) is 32.2 Å². The number of hydrogen-bond acceptors (Lipinski definition) is 4. The van der Waals surface area contributed by atoms with Crippen LogP contribution < -0.4 is 19.7 Å². The minimum atomic E-state index is -4.50. The van der Waals surface area contributed by atoms with Gasteiger partial charge in [-0.15, -0.1) is 0 Å². The SMILES string of the molecule is O=C(Nc1cc(C(F)(F)F)ccc1N1CCCCC1)c1cccc2c1OCCO2. The Bertz CT molecular complexity index is 909. The standard InChI is InChI=1S/C21H21F3N2O3/c22-21(23,24)14-7-8-17(26-9-2-1-3-10-26)16(13-14)25-20(27)15-5-4-6-18-19(15)29-12-11-28-18/h4-8,13H,1-3,9-12H2,(H,25,27). The van der Waals surface area contributed by atoms with Gasteiger partial charge in [-0.1, -0.05) is 6.07 Å². The molecule has 0 atom stereocenters. The van der Waals surface area contributed by atoms with Crippen LogP contribution in [0.1, 0.15) is 35.2 Å². The average Bonchev–Trinajstić information content (AvgIpc) is 2.73. The van der Waals surface area contributed by atoms with Crippen LogP contribution in [0.2, 0.25) is 0 Å². The number of nitrogens with zero attached hydrogens (tertiary/aromatic N) is 1. The predicted molar refractivity (Wildman–Crippen MR) is 103 cm³/mol. The van der Waals surface area contributed by atoms with Crippen LogP contribution in [0.15, 0.2) is 36.4 Å². The maximum atomic E-state index is 13.3. The van der Waals surface area contributed by atoms with Gasteiger partial charge < -0.3 is 19.7 Å². The molecule has 0 unspecified atom stereocenters. The van der Waals surface area contributed by atoms with Crippen LogP contribution in [0.25, 0.3) is 0 Å². The number of para-hydroxylation sites is 1. The van der Waals surface area contributed by atoms with Crippen LogP contribution >= 0.6 is 0 Å². The number of carbonyl (C=O) groups excluding carboxylic acids is 1. The summed E-state index contributed by atoms with van der Waals surface area (Å²) in [6.07, 6.45) is -1.48. The third-order valence-electron chi connectivity index (χ3n) is 5.08. The first kappa shape index (κ1) is 19.4. The number of alkyl halides is 3. The highest BCUT2D eigenvalue weighted by molar-refractivity contribution is 6.08. The number of halogens is 3. The van der Waals surface area contributed by atoms with Gasteiger partial charge in [-0.05, 0) is 49.6 Å². The number of fused-ring (bicyclic) bond motifs is 1. The number of anilines is 2. The number of carbonyl (C=O) groups is 1. The van der Waals surface area contributed by atoms with E-state index in [0.29, 0.717) is 30.4 Å². The van der Waals surface area contributed by atoms with Crippen LogP contribution in [0.5, 0.6) is 11.5 Å². The monoisotopic (exact) mass is 406 g/mol. The molecule has 154 valence electrons. The van der Waals surface area contributed by atoms with E-state index in [9.17, 15) is 18.0 Å². The lowest BCUT2D eigenvalue weighted by Crippen LogP contribution is -2.30. The van der Waals surface area contributed by atoms with Crippen LogP contribution in [0, 0.1) is 0 Å². The molecule has 0 spiro atoms. The van der Waals surface area contributed by atoms with Gasteiger partial charge in [-0.3, -0.25) is 4.79 Å². The van der Waals surface area contributed by atoms with Gasteiger partial charge in [0.15, 0.2) is 11.5 Å². The summed E-state index contributed by atoms with van der Waals surface area (Å²) in [7, 11) is 0. The number of nitrogens with one attached hydrogen (secondary N) is 1. The molecule has 1 saturated heterocycles. The van der Waals surface area contributed by atoms with E-state index >= 15 is 0 Å². The molecule has 1 N–H and O–H groups in total. The molecule has 4 rings (SSSR count). The molecular weight excluding hydrogens is 385 g/mol. The van der Waals surface area contributed by atoms with Crippen LogP contribution in [0.4, 0.5) is 24.5 Å². The third kappa shape index (κ3) is 4.11. The summed E-state index contributed by atoms with van der Waals surface area (Å²) in [5, 5.41) is 2.67. The molecule has 2 aromatic carbocycles. The van der Waals surface area contributed by atoms with E-state index in [1.165, 1.54) is 6.07 Å². The molecule has 0 bridgehead atoms. The smallest absolute Gasteiger partial charge is 0.416 e. The van der Waals surface area contributed by atoms with Gasteiger partial charge in [-0.2, -0.15) is 13.2 Å². The average molecular weight is 406 g/mol. The van der Waals surface area contributed by atoms with Crippen molar-refractivity contribution in [2.24, 2.45) is 0 Å². The molecule has 0 radical (unpaired) electrons. The number of rotatable bonds is 3. The Morgan fingerprint density at radius 3 is 2.52 bits per heavy atom. The summed E-state index contributed by atoms with van der Waals surface area (Å²) < 4.78 is 50.8. The Balaban J connectivity index is 1.68. The Morgan fingerprint density at radius 1 is 1.00 bits per heavy atom. The summed E-state index contributed by atoms with van der Waals surface area (Å²) in [5.41, 5.74) is 0.154. The summed E-state index contributed by atoms with van der Waals surface area (Å²) in [6.45, 7) is 2.17. The lowest BCUT2D eigenvalue weighted by Gasteiger charge is -2.31. The Kier molecular flexibility index (Phi) is 5.25. The normalized spacial score (nSPS) is 16.4. The van der Waals surface area contributed by atoms with Crippen molar-refractivity contribution in [3.05, 3.63) is 47.5 Å². The highest BCUT2D eigenvalue weighted by Crippen LogP contribution is 2.38. The first-order valence-electron chi connectivity index (χ1n) is 9.59. The first-order chi connectivity index (χ1) is 13.9. The van der Waals surface area contributed by atoms with Gasteiger partial charge in [0.25, 0.3) is 5.91 Å². The second-order valence-corrected chi connectivity index (χ2v) is 7.06. The molecule has 2 aliphatic rings. The minimum Gasteiger partial charge on any atom is -0.486 e. The van der Waals surface area contributed by atoms with Crippen molar-refractivity contribution in [3.8, 4) is 11.5 Å². The second-order valence-electron chi connectivity index (χ2n) is 7.06. The second kappa shape index (κ2) is 7.85. The van der Waals surface area contributed by atoms with Gasteiger partial charge >= 0.3 is 6.18 Å². The topological polar surface area (TPSA) is 50.8 Å². The summed E-state index contributed by atoms with van der Waals surface area (Å²) >= 11 is 0. The van der Waals surface area contributed by atoms with Crippen molar-refractivity contribution >= 4 is 17.3 Å². The molecule has 0 aromatic heterocycles. The maximum Gasteiger partial charge on any atom is 0.416 e. The minimum absolute atomic E-state index is 0.140. The zero-order valence-corrected chi connectivity index (χ0v) is 15.7. The maximum absolute atomic E-state index is 13.3. The molecule has 5 nitrogen and oxygen atoms in total. The fourth-order valence-corrected chi connectivity index (χ4v) is 3.67. The molecule has 8 heteroatoms. The van der Waals surface area contributed by atoms with Gasteiger partial charge in [0, 0.05) is 13.1 Å². The molecular formula is C21H21F3N2O3. The number of piperidine rings is 1. The predicted octanol–water partition coefficient (Wildman–Crippen LogP) is 4.72. The third-order valence-corrected chi connectivity index (χ3v) is 5.08. The fraction of sp³-hybridized carbons (Fsp3) is 0.381. The molecule has 29 heavy (non-hydrogen) atoms. The highest BCUT2D eigenvalue weighted by atomic mass is 19.4. The molecule has 2 aliphatic heterocycles.